The van der Waals surface area contributed by atoms with Crippen LogP contribution in [0.25, 0.3) is 0 Å². The summed E-state index contributed by atoms with van der Waals surface area (Å²) in [6, 6.07) is 8.29. The summed E-state index contributed by atoms with van der Waals surface area (Å²) in [6.07, 6.45) is 1.46. The Labute approximate surface area is 107 Å². The van der Waals surface area contributed by atoms with E-state index in [1.54, 1.807) is 0 Å². The van der Waals surface area contributed by atoms with Crippen molar-refractivity contribution in [1.29, 1.82) is 0 Å². The van der Waals surface area contributed by atoms with Gasteiger partial charge < -0.3 is 15.4 Å². The standard InChI is InChI=1S/C14H18N2O2/c17-14(16-11-5-7-15-9-11)13-12-4-2-1-3-10(12)6-8-18-13/h1-4,11,13,15H,5-9H2,(H,16,17)/t11-,13?/m1/s1. The maximum Gasteiger partial charge on any atom is 0.254 e. The first kappa shape index (κ1) is 11.7. The maximum atomic E-state index is 12.3. The number of ether oxygens (including phenoxy) is 1. The summed E-state index contributed by atoms with van der Waals surface area (Å²) in [5.74, 6) is -0.00384. The zero-order chi connectivity index (χ0) is 12.4. The van der Waals surface area contributed by atoms with Crippen LogP contribution in [0.4, 0.5) is 0 Å². The Hall–Kier alpha value is -1.39. The molecule has 18 heavy (non-hydrogen) atoms. The average molecular weight is 246 g/mol. The molecule has 4 nitrogen and oxygen atoms in total. The summed E-state index contributed by atoms with van der Waals surface area (Å²) in [7, 11) is 0. The molecule has 0 radical (unpaired) electrons. The Morgan fingerprint density at radius 1 is 1.39 bits per heavy atom. The summed E-state index contributed by atoms with van der Waals surface area (Å²) in [6.45, 7) is 2.46. The number of carbonyl (C=O) groups excluding carboxylic acids is 1. The number of nitrogens with one attached hydrogen (secondary N) is 2. The molecule has 1 unspecified atom stereocenters. The average Bonchev–Trinajstić information content (AvgIpc) is 2.91. The van der Waals surface area contributed by atoms with Crippen LogP contribution in [0.2, 0.25) is 0 Å². The van der Waals surface area contributed by atoms with Gasteiger partial charge in [0.05, 0.1) is 6.61 Å². The van der Waals surface area contributed by atoms with Gasteiger partial charge >= 0.3 is 0 Å². The number of benzene rings is 1. The summed E-state index contributed by atoms with van der Waals surface area (Å²) in [4.78, 5) is 12.3. The molecule has 0 aromatic heterocycles. The van der Waals surface area contributed by atoms with Crippen molar-refractivity contribution in [2.45, 2.75) is 25.0 Å². The largest absolute Gasteiger partial charge is 0.363 e. The molecule has 0 bridgehead atoms. The van der Waals surface area contributed by atoms with Crippen LogP contribution in [0.5, 0.6) is 0 Å². The number of hydrogen-bond donors (Lipinski definition) is 2. The highest BCUT2D eigenvalue weighted by Crippen LogP contribution is 2.27. The van der Waals surface area contributed by atoms with Gasteiger partial charge in [0, 0.05) is 12.6 Å². The zero-order valence-electron chi connectivity index (χ0n) is 10.3. The van der Waals surface area contributed by atoms with Crippen molar-refractivity contribution in [3.8, 4) is 0 Å². The SMILES string of the molecule is O=C(N[C@@H]1CCNC1)C1OCCc2ccccc21. The van der Waals surface area contributed by atoms with E-state index in [0.717, 1.165) is 31.5 Å². The molecule has 2 atom stereocenters. The lowest BCUT2D eigenvalue weighted by Gasteiger charge is -2.26. The molecule has 2 heterocycles. The topological polar surface area (TPSA) is 50.4 Å². The van der Waals surface area contributed by atoms with E-state index in [2.05, 4.69) is 16.7 Å². The molecule has 1 aromatic rings. The van der Waals surface area contributed by atoms with Gasteiger partial charge in [0.25, 0.3) is 5.91 Å². The number of rotatable bonds is 2. The van der Waals surface area contributed by atoms with Crippen LogP contribution in [0.3, 0.4) is 0 Å². The lowest BCUT2D eigenvalue weighted by atomic mass is 9.97. The van der Waals surface area contributed by atoms with Gasteiger partial charge in [0.15, 0.2) is 6.10 Å². The Balaban J connectivity index is 1.74. The molecular formula is C14H18N2O2. The van der Waals surface area contributed by atoms with Crippen LogP contribution in [0.15, 0.2) is 24.3 Å². The van der Waals surface area contributed by atoms with Crippen LogP contribution < -0.4 is 10.6 Å². The highest BCUT2D eigenvalue weighted by atomic mass is 16.5. The van der Waals surface area contributed by atoms with Gasteiger partial charge in [-0.2, -0.15) is 0 Å². The third kappa shape index (κ3) is 2.26. The molecule has 1 fully saturated rings. The fraction of sp³-hybridized carbons (Fsp3) is 0.500. The van der Waals surface area contributed by atoms with Gasteiger partial charge in [0.2, 0.25) is 0 Å². The zero-order valence-corrected chi connectivity index (χ0v) is 10.3. The summed E-state index contributed by atoms with van der Waals surface area (Å²) < 4.78 is 5.64. The first-order valence-electron chi connectivity index (χ1n) is 6.55. The van der Waals surface area contributed by atoms with E-state index in [4.69, 9.17) is 4.74 Å². The van der Waals surface area contributed by atoms with Crippen molar-refractivity contribution in [3.05, 3.63) is 35.4 Å². The number of fused-ring (bicyclic) bond motifs is 1. The summed E-state index contributed by atoms with van der Waals surface area (Å²) in [5.41, 5.74) is 2.25. The highest BCUT2D eigenvalue weighted by molar-refractivity contribution is 5.83. The van der Waals surface area contributed by atoms with Crippen molar-refractivity contribution in [1.82, 2.24) is 10.6 Å². The minimum Gasteiger partial charge on any atom is -0.363 e. The quantitative estimate of drug-likeness (QED) is 0.810. The molecule has 0 spiro atoms. The minimum atomic E-state index is -0.435. The van der Waals surface area contributed by atoms with Gasteiger partial charge in [-0.25, -0.2) is 0 Å². The third-order valence-electron chi connectivity index (χ3n) is 3.64. The van der Waals surface area contributed by atoms with Crippen LogP contribution in [-0.4, -0.2) is 31.6 Å². The van der Waals surface area contributed by atoms with Crippen molar-refractivity contribution in [2.75, 3.05) is 19.7 Å². The molecule has 2 aliphatic rings. The first-order valence-corrected chi connectivity index (χ1v) is 6.55. The van der Waals surface area contributed by atoms with E-state index in [-0.39, 0.29) is 11.9 Å². The normalized spacial score (nSPS) is 26.7. The Kier molecular flexibility index (Phi) is 3.30. The van der Waals surface area contributed by atoms with Gasteiger partial charge in [-0.15, -0.1) is 0 Å². The van der Waals surface area contributed by atoms with Gasteiger partial charge in [-0.3, -0.25) is 4.79 Å². The van der Waals surface area contributed by atoms with Crippen LogP contribution in [0, 0.1) is 0 Å². The second-order valence-electron chi connectivity index (χ2n) is 4.90. The van der Waals surface area contributed by atoms with E-state index >= 15 is 0 Å². The summed E-state index contributed by atoms with van der Waals surface area (Å²) in [5, 5.41) is 6.31. The van der Waals surface area contributed by atoms with E-state index in [1.807, 2.05) is 18.2 Å². The van der Waals surface area contributed by atoms with Crippen LogP contribution in [-0.2, 0) is 16.0 Å². The molecule has 1 amide bonds. The first-order chi connectivity index (χ1) is 8.84. The van der Waals surface area contributed by atoms with Crippen molar-refractivity contribution >= 4 is 5.91 Å². The fourth-order valence-electron chi connectivity index (χ4n) is 2.67. The molecule has 3 rings (SSSR count). The molecule has 1 aromatic carbocycles. The second kappa shape index (κ2) is 5.08. The minimum absolute atomic E-state index is 0.00384. The van der Waals surface area contributed by atoms with Crippen molar-refractivity contribution < 1.29 is 9.53 Å². The van der Waals surface area contributed by atoms with Gasteiger partial charge in [0.1, 0.15) is 0 Å². The monoisotopic (exact) mass is 246 g/mol. The van der Waals surface area contributed by atoms with Gasteiger partial charge in [-0.05, 0) is 30.5 Å². The lowest BCUT2D eigenvalue weighted by molar-refractivity contribution is -0.134. The predicted octanol–water partition coefficient (Wildman–Crippen LogP) is 0.778. The van der Waals surface area contributed by atoms with Crippen LogP contribution >= 0.6 is 0 Å². The molecule has 0 saturated carbocycles. The molecular weight excluding hydrogens is 228 g/mol. The van der Waals surface area contributed by atoms with Crippen molar-refractivity contribution in [3.63, 3.8) is 0 Å². The Morgan fingerprint density at radius 3 is 3.11 bits per heavy atom. The van der Waals surface area contributed by atoms with Crippen LogP contribution in [0.1, 0.15) is 23.7 Å². The predicted molar refractivity (Wildman–Crippen MR) is 68.3 cm³/mol. The summed E-state index contributed by atoms with van der Waals surface area (Å²) >= 11 is 0. The fourth-order valence-corrected chi connectivity index (χ4v) is 2.67. The van der Waals surface area contributed by atoms with E-state index in [1.165, 1.54) is 5.56 Å². The molecule has 2 N–H and O–H groups in total. The Bertz CT molecular complexity index is 441. The van der Waals surface area contributed by atoms with E-state index < -0.39 is 6.10 Å². The third-order valence-corrected chi connectivity index (χ3v) is 3.64. The second-order valence-corrected chi connectivity index (χ2v) is 4.90. The van der Waals surface area contributed by atoms with Gasteiger partial charge in [-0.1, -0.05) is 24.3 Å². The smallest absolute Gasteiger partial charge is 0.254 e. The molecule has 96 valence electrons. The van der Waals surface area contributed by atoms with E-state index in [0.29, 0.717) is 6.61 Å². The molecule has 1 saturated heterocycles. The molecule has 2 aliphatic heterocycles. The number of carbonyl (C=O) groups is 1. The van der Waals surface area contributed by atoms with E-state index in [9.17, 15) is 4.79 Å². The highest BCUT2D eigenvalue weighted by Gasteiger charge is 2.29. The lowest BCUT2D eigenvalue weighted by Crippen LogP contribution is -2.41. The number of hydrogen-bond acceptors (Lipinski definition) is 3. The maximum absolute atomic E-state index is 12.3. The number of amides is 1. The Morgan fingerprint density at radius 2 is 2.28 bits per heavy atom. The molecule has 4 heteroatoms. The molecule has 0 aliphatic carbocycles. The van der Waals surface area contributed by atoms with Crippen molar-refractivity contribution in [2.24, 2.45) is 0 Å².